The Bertz CT molecular complexity index is 871. The molecule has 2 rings (SSSR count). The van der Waals surface area contributed by atoms with Crippen molar-refractivity contribution in [2.45, 2.75) is 4.90 Å². The van der Waals surface area contributed by atoms with Crippen molar-refractivity contribution >= 4 is 37.5 Å². The number of carbonyl (C=O) groups excluding carboxylic acids is 1. The van der Waals surface area contributed by atoms with Gasteiger partial charge in [0.1, 0.15) is 16.5 Å². The molecule has 0 spiro atoms. The van der Waals surface area contributed by atoms with Gasteiger partial charge in [0.05, 0.1) is 12.7 Å². The van der Waals surface area contributed by atoms with Gasteiger partial charge in [-0.25, -0.2) is 17.9 Å². The van der Waals surface area contributed by atoms with E-state index in [2.05, 4.69) is 21.2 Å². The third kappa shape index (κ3) is 4.06. The van der Waals surface area contributed by atoms with Crippen LogP contribution >= 0.6 is 15.9 Å². The molecule has 1 amide bonds. The van der Waals surface area contributed by atoms with Crippen molar-refractivity contribution in [1.82, 2.24) is 0 Å². The zero-order valence-corrected chi connectivity index (χ0v) is 14.2. The van der Waals surface area contributed by atoms with E-state index < -0.39 is 21.7 Å². The Kier molecular flexibility index (Phi) is 5.03. The predicted octanol–water partition coefficient (Wildman–Crippen LogP) is 2.50. The average molecular weight is 403 g/mol. The molecular weight excluding hydrogens is 391 g/mol. The quantitative estimate of drug-likeness (QED) is 0.820. The van der Waals surface area contributed by atoms with Crippen molar-refractivity contribution < 1.29 is 22.3 Å². The van der Waals surface area contributed by atoms with E-state index in [9.17, 15) is 17.6 Å². The van der Waals surface area contributed by atoms with Crippen LogP contribution in [0.1, 0.15) is 10.4 Å². The molecule has 0 heterocycles. The molecule has 0 saturated carbocycles. The van der Waals surface area contributed by atoms with Gasteiger partial charge in [0.25, 0.3) is 5.91 Å². The van der Waals surface area contributed by atoms with Crippen molar-refractivity contribution in [3.8, 4) is 5.75 Å². The van der Waals surface area contributed by atoms with Crippen molar-refractivity contribution in [2.24, 2.45) is 5.14 Å². The van der Waals surface area contributed by atoms with Crippen LogP contribution in [0.4, 0.5) is 10.1 Å². The highest BCUT2D eigenvalue weighted by Gasteiger charge is 2.17. The molecule has 0 atom stereocenters. The van der Waals surface area contributed by atoms with Crippen LogP contribution in [0.5, 0.6) is 5.75 Å². The molecule has 0 aromatic heterocycles. The topological polar surface area (TPSA) is 98.5 Å². The molecule has 6 nitrogen and oxygen atoms in total. The Morgan fingerprint density at radius 2 is 1.96 bits per heavy atom. The molecular formula is C14H12BrFN2O4S. The number of methoxy groups -OCH3 is 1. The van der Waals surface area contributed by atoms with Crippen LogP contribution in [-0.2, 0) is 10.0 Å². The molecule has 0 radical (unpaired) electrons. The van der Waals surface area contributed by atoms with E-state index >= 15 is 0 Å². The first-order chi connectivity index (χ1) is 10.7. The lowest BCUT2D eigenvalue weighted by Gasteiger charge is -2.11. The van der Waals surface area contributed by atoms with Gasteiger partial charge in [0, 0.05) is 10.2 Å². The maximum atomic E-state index is 13.0. The number of nitrogens with one attached hydrogen (secondary N) is 1. The molecule has 0 fully saturated rings. The second-order valence-electron chi connectivity index (χ2n) is 4.49. The Morgan fingerprint density at radius 1 is 1.26 bits per heavy atom. The molecule has 0 unspecified atom stereocenters. The van der Waals surface area contributed by atoms with Gasteiger partial charge in [-0.1, -0.05) is 0 Å². The van der Waals surface area contributed by atoms with Crippen LogP contribution in [0.2, 0.25) is 0 Å². The zero-order chi connectivity index (χ0) is 17.2. The lowest BCUT2D eigenvalue weighted by Crippen LogP contribution is -2.16. The summed E-state index contributed by atoms with van der Waals surface area (Å²) in [5.74, 6) is -0.967. The summed E-state index contributed by atoms with van der Waals surface area (Å²) in [6.07, 6.45) is 0. The molecule has 23 heavy (non-hydrogen) atoms. The van der Waals surface area contributed by atoms with Crippen LogP contribution in [-0.4, -0.2) is 21.4 Å². The third-order valence-electron chi connectivity index (χ3n) is 2.90. The van der Waals surface area contributed by atoms with Crippen LogP contribution < -0.4 is 15.2 Å². The fourth-order valence-corrected chi connectivity index (χ4v) is 3.10. The van der Waals surface area contributed by atoms with Crippen LogP contribution in [0.3, 0.4) is 0 Å². The Balaban J connectivity index is 2.35. The fourth-order valence-electron chi connectivity index (χ4n) is 1.85. The van der Waals surface area contributed by atoms with Gasteiger partial charge < -0.3 is 10.1 Å². The lowest BCUT2D eigenvalue weighted by molar-refractivity contribution is 0.102. The van der Waals surface area contributed by atoms with Gasteiger partial charge in [0.2, 0.25) is 10.0 Å². The summed E-state index contributed by atoms with van der Waals surface area (Å²) in [6.45, 7) is 0. The number of halogens is 2. The van der Waals surface area contributed by atoms with Crippen molar-refractivity contribution in [3.05, 3.63) is 52.3 Å². The van der Waals surface area contributed by atoms with E-state index in [-0.39, 0.29) is 26.4 Å². The summed E-state index contributed by atoms with van der Waals surface area (Å²) >= 11 is 3.09. The van der Waals surface area contributed by atoms with E-state index in [0.29, 0.717) is 0 Å². The number of ether oxygens (including phenoxy) is 1. The van der Waals surface area contributed by atoms with Crippen LogP contribution in [0.25, 0.3) is 0 Å². The number of amides is 1. The first-order valence-electron chi connectivity index (χ1n) is 6.19. The molecule has 0 saturated heterocycles. The van der Waals surface area contributed by atoms with Gasteiger partial charge in [0.15, 0.2) is 0 Å². The molecule has 2 aromatic rings. The second-order valence-corrected chi connectivity index (χ2v) is 6.87. The number of primary sulfonamides is 1. The predicted molar refractivity (Wildman–Crippen MR) is 86.4 cm³/mol. The zero-order valence-electron chi connectivity index (χ0n) is 11.8. The molecule has 0 bridgehead atoms. The third-order valence-corrected chi connectivity index (χ3v) is 4.49. The van der Waals surface area contributed by atoms with Gasteiger partial charge in [-0.05, 0) is 52.3 Å². The monoisotopic (exact) mass is 402 g/mol. The maximum absolute atomic E-state index is 13.0. The first-order valence-corrected chi connectivity index (χ1v) is 8.53. The van der Waals surface area contributed by atoms with Crippen molar-refractivity contribution in [1.29, 1.82) is 0 Å². The van der Waals surface area contributed by atoms with E-state index in [1.54, 1.807) is 0 Å². The van der Waals surface area contributed by atoms with E-state index in [1.807, 2.05) is 0 Å². The number of rotatable bonds is 4. The standard InChI is InChI=1S/C14H12BrFN2O4S/c1-22-12-5-3-9(7-13(12)23(17,20)21)18-14(19)10-4-2-8(16)6-11(10)15/h2-7H,1H3,(H,18,19)(H2,17,20,21). The molecule has 9 heteroatoms. The highest BCUT2D eigenvalue weighted by molar-refractivity contribution is 9.10. The van der Waals surface area contributed by atoms with E-state index in [4.69, 9.17) is 9.88 Å². The minimum atomic E-state index is -4.02. The SMILES string of the molecule is COc1ccc(NC(=O)c2ccc(F)cc2Br)cc1S(N)(=O)=O. The fraction of sp³-hybridized carbons (Fsp3) is 0.0714. The molecule has 122 valence electrons. The number of hydrogen-bond acceptors (Lipinski definition) is 4. The summed E-state index contributed by atoms with van der Waals surface area (Å²) in [6, 6.07) is 7.61. The lowest BCUT2D eigenvalue weighted by atomic mass is 10.2. The maximum Gasteiger partial charge on any atom is 0.256 e. The number of benzene rings is 2. The second kappa shape index (κ2) is 6.65. The first kappa shape index (κ1) is 17.4. The van der Waals surface area contributed by atoms with Gasteiger partial charge in [-0.15, -0.1) is 0 Å². The Morgan fingerprint density at radius 3 is 2.52 bits per heavy atom. The summed E-state index contributed by atoms with van der Waals surface area (Å²) in [5, 5.41) is 7.63. The van der Waals surface area contributed by atoms with Gasteiger partial charge in [-0.2, -0.15) is 0 Å². The summed E-state index contributed by atoms with van der Waals surface area (Å²) < 4.78 is 41.3. The minimum Gasteiger partial charge on any atom is -0.495 e. The molecule has 2 aromatic carbocycles. The number of nitrogens with two attached hydrogens (primary N) is 1. The average Bonchev–Trinajstić information content (AvgIpc) is 2.46. The van der Waals surface area contributed by atoms with Gasteiger partial charge in [-0.3, -0.25) is 4.79 Å². The van der Waals surface area contributed by atoms with Crippen LogP contribution in [0.15, 0.2) is 45.8 Å². The Hall–Kier alpha value is -1.97. The number of sulfonamides is 1. The highest BCUT2D eigenvalue weighted by Crippen LogP contribution is 2.27. The number of carbonyl (C=O) groups is 1. The summed E-state index contributed by atoms with van der Waals surface area (Å²) in [4.78, 5) is 11.9. The highest BCUT2D eigenvalue weighted by atomic mass is 79.9. The van der Waals surface area contributed by atoms with E-state index in [0.717, 1.165) is 12.1 Å². The molecule has 3 N–H and O–H groups in total. The van der Waals surface area contributed by atoms with E-state index in [1.165, 1.54) is 31.4 Å². The smallest absolute Gasteiger partial charge is 0.256 e. The summed E-state index contributed by atoms with van der Waals surface area (Å²) in [7, 11) is -2.71. The normalized spacial score (nSPS) is 11.1. The largest absolute Gasteiger partial charge is 0.495 e. The minimum absolute atomic E-state index is 0.0634. The van der Waals surface area contributed by atoms with Crippen molar-refractivity contribution in [2.75, 3.05) is 12.4 Å². The molecule has 0 aliphatic carbocycles. The van der Waals surface area contributed by atoms with Gasteiger partial charge >= 0.3 is 0 Å². The molecule has 0 aliphatic heterocycles. The summed E-state index contributed by atoms with van der Waals surface area (Å²) in [5.41, 5.74) is 0.399. The number of anilines is 1. The number of hydrogen-bond donors (Lipinski definition) is 2. The Labute approximate surface area is 140 Å². The van der Waals surface area contributed by atoms with Crippen molar-refractivity contribution in [3.63, 3.8) is 0 Å². The molecule has 0 aliphatic rings. The van der Waals surface area contributed by atoms with Crippen LogP contribution in [0, 0.1) is 5.82 Å².